The Bertz CT molecular complexity index is 1110. The Hall–Kier alpha value is -3.86. The molecule has 4 rings (SSSR count). The van der Waals surface area contributed by atoms with Crippen LogP contribution in [-0.4, -0.2) is 22.1 Å². The molecule has 0 atom stereocenters. The van der Waals surface area contributed by atoms with Gasteiger partial charge in [0, 0.05) is 23.3 Å². The van der Waals surface area contributed by atoms with Gasteiger partial charge in [-0.2, -0.15) is 5.10 Å². The second kappa shape index (κ2) is 7.58. The molecule has 1 amide bonds. The number of carbonyl (C=O) groups is 1. The lowest BCUT2D eigenvalue weighted by molar-refractivity contribution is 0.0957. The van der Waals surface area contributed by atoms with Crippen molar-refractivity contribution in [2.75, 3.05) is 0 Å². The Balaban J connectivity index is 1.69. The third-order valence-corrected chi connectivity index (χ3v) is 4.10. The van der Waals surface area contributed by atoms with E-state index in [-0.39, 0.29) is 5.91 Å². The molecular formula is C22H16N4O. The van der Waals surface area contributed by atoms with E-state index in [4.69, 9.17) is 0 Å². The minimum absolute atomic E-state index is 0.286. The molecule has 0 unspecified atom stereocenters. The third kappa shape index (κ3) is 3.72. The van der Waals surface area contributed by atoms with Gasteiger partial charge in [0.1, 0.15) is 0 Å². The molecule has 5 heteroatoms. The number of nitrogens with one attached hydrogen (secondary N) is 1. The van der Waals surface area contributed by atoms with Gasteiger partial charge in [0.2, 0.25) is 0 Å². The van der Waals surface area contributed by atoms with Gasteiger partial charge in [0.05, 0.1) is 23.0 Å². The quantitative estimate of drug-likeness (QED) is 0.445. The van der Waals surface area contributed by atoms with Crippen molar-refractivity contribution in [2.24, 2.45) is 5.10 Å². The highest BCUT2D eigenvalue weighted by Crippen LogP contribution is 2.24. The average molecular weight is 352 g/mol. The maximum absolute atomic E-state index is 12.8. The Morgan fingerprint density at radius 1 is 0.963 bits per heavy atom. The van der Waals surface area contributed by atoms with Crippen LogP contribution < -0.4 is 5.43 Å². The molecule has 0 aliphatic rings. The molecule has 0 fully saturated rings. The zero-order chi connectivity index (χ0) is 18.5. The van der Waals surface area contributed by atoms with Crippen LogP contribution in [0.5, 0.6) is 0 Å². The maximum Gasteiger partial charge on any atom is 0.272 e. The number of benzene rings is 2. The van der Waals surface area contributed by atoms with Crippen LogP contribution in [-0.2, 0) is 0 Å². The number of amides is 1. The molecule has 0 spiro atoms. The summed E-state index contributed by atoms with van der Waals surface area (Å²) in [6.07, 6.45) is 5.05. The van der Waals surface area contributed by atoms with E-state index in [0.29, 0.717) is 11.3 Å². The van der Waals surface area contributed by atoms with Crippen molar-refractivity contribution in [3.05, 3.63) is 96.3 Å². The van der Waals surface area contributed by atoms with Gasteiger partial charge < -0.3 is 0 Å². The molecular weight excluding hydrogens is 336 g/mol. The van der Waals surface area contributed by atoms with Crippen LogP contribution in [0, 0.1) is 0 Å². The molecule has 1 N–H and O–H groups in total. The van der Waals surface area contributed by atoms with E-state index in [0.717, 1.165) is 22.0 Å². The van der Waals surface area contributed by atoms with Crippen molar-refractivity contribution in [3.63, 3.8) is 0 Å². The smallest absolute Gasteiger partial charge is 0.267 e. The lowest BCUT2D eigenvalue weighted by Gasteiger charge is -2.08. The molecule has 27 heavy (non-hydrogen) atoms. The van der Waals surface area contributed by atoms with E-state index in [1.807, 2.05) is 66.7 Å². The summed E-state index contributed by atoms with van der Waals surface area (Å²) in [6, 6.07) is 22.7. The summed E-state index contributed by atoms with van der Waals surface area (Å²) >= 11 is 0. The lowest BCUT2D eigenvalue weighted by Crippen LogP contribution is -2.18. The van der Waals surface area contributed by atoms with E-state index >= 15 is 0 Å². The van der Waals surface area contributed by atoms with E-state index in [1.165, 1.54) is 0 Å². The van der Waals surface area contributed by atoms with Gasteiger partial charge in [-0.05, 0) is 29.8 Å². The van der Waals surface area contributed by atoms with Crippen LogP contribution in [0.2, 0.25) is 0 Å². The second-order valence-corrected chi connectivity index (χ2v) is 5.92. The van der Waals surface area contributed by atoms with Gasteiger partial charge in [-0.15, -0.1) is 0 Å². The van der Waals surface area contributed by atoms with E-state index in [1.54, 1.807) is 24.7 Å². The van der Waals surface area contributed by atoms with Crippen LogP contribution in [0.4, 0.5) is 0 Å². The molecule has 0 saturated carbocycles. The molecule has 2 aromatic carbocycles. The van der Waals surface area contributed by atoms with Gasteiger partial charge in [-0.25, -0.2) is 10.4 Å². The van der Waals surface area contributed by atoms with Crippen molar-refractivity contribution in [1.29, 1.82) is 0 Å². The van der Waals surface area contributed by atoms with Crippen LogP contribution in [0.15, 0.2) is 90.3 Å². The largest absolute Gasteiger partial charge is 0.272 e. The Labute approximate surface area is 156 Å². The molecule has 0 aliphatic carbocycles. The fourth-order valence-electron chi connectivity index (χ4n) is 2.79. The van der Waals surface area contributed by atoms with Gasteiger partial charge in [-0.1, -0.05) is 48.5 Å². The Morgan fingerprint density at radius 2 is 1.78 bits per heavy atom. The highest BCUT2D eigenvalue weighted by atomic mass is 16.2. The molecule has 0 radical (unpaired) electrons. The standard InChI is InChI=1S/C22H16N4O/c27-22(26-24-14-16-7-2-1-3-8-16)19-13-21(17-9-6-12-23-15-17)25-20-11-5-4-10-18(19)20/h1-15H,(H,26,27)/b24-14-. The van der Waals surface area contributed by atoms with Crippen molar-refractivity contribution in [2.45, 2.75) is 0 Å². The van der Waals surface area contributed by atoms with Gasteiger partial charge >= 0.3 is 0 Å². The minimum atomic E-state index is -0.286. The molecule has 4 aromatic rings. The fourth-order valence-corrected chi connectivity index (χ4v) is 2.79. The summed E-state index contributed by atoms with van der Waals surface area (Å²) < 4.78 is 0. The maximum atomic E-state index is 12.8. The number of hydrazone groups is 1. The van der Waals surface area contributed by atoms with Gasteiger partial charge in [0.15, 0.2) is 0 Å². The van der Waals surface area contributed by atoms with Crippen molar-refractivity contribution < 1.29 is 4.79 Å². The predicted molar refractivity (Wildman–Crippen MR) is 106 cm³/mol. The number of fused-ring (bicyclic) bond motifs is 1. The molecule has 5 nitrogen and oxygen atoms in total. The van der Waals surface area contributed by atoms with Crippen molar-refractivity contribution in [3.8, 4) is 11.3 Å². The zero-order valence-corrected chi connectivity index (χ0v) is 14.4. The summed E-state index contributed by atoms with van der Waals surface area (Å²) in [7, 11) is 0. The first-order chi connectivity index (χ1) is 13.3. The van der Waals surface area contributed by atoms with E-state index in [9.17, 15) is 4.79 Å². The number of rotatable bonds is 4. The Kier molecular flexibility index (Phi) is 4.66. The summed E-state index contributed by atoms with van der Waals surface area (Å²) in [5.74, 6) is -0.286. The molecule has 130 valence electrons. The summed E-state index contributed by atoms with van der Waals surface area (Å²) in [6.45, 7) is 0. The zero-order valence-electron chi connectivity index (χ0n) is 14.4. The van der Waals surface area contributed by atoms with E-state index in [2.05, 4.69) is 20.5 Å². The molecule has 0 saturated heterocycles. The number of pyridine rings is 2. The van der Waals surface area contributed by atoms with Gasteiger partial charge in [0.25, 0.3) is 5.91 Å². The normalized spacial score (nSPS) is 11.0. The van der Waals surface area contributed by atoms with Gasteiger partial charge in [-0.3, -0.25) is 9.78 Å². The molecule has 0 bridgehead atoms. The first-order valence-electron chi connectivity index (χ1n) is 8.50. The second-order valence-electron chi connectivity index (χ2n) is 5.92. The molecule has 2 heterocycles. The monoisotopic (exact) mass is 352 g/mol. The number of para-hydroxylation sites is 1. The molecule has 0 aliphatic heterocycles. The number of hydrogen-bond acceptors (Lipinski definition) is 4. The topological polar surface area (TPSA) is 67.2 Å². The lowest BCUT2D eigenvalue weighted by atomic mass is 10.0. The van der Waals surface area contributed by atoms with Crippen LogP contribution >= 0.6 is 0 Å². The summed E-state index contributed by atoms with van der Waals surface area (Å²) in [5.41, 5.74) is 6.33. The average Bonchev–Trinajstić information content (AvgIpc) is 2.74. The summed E-state index contributed by atoms with van der Waals surface area (Å²) in [4.78, 5) is 21.6. The summed E-state index contributed by atoms with van der Waals surface area (Å²) in [5, 5.41) is 4.85. The number of aromatic nitrogens is 2. The number of carbonyl (C=O) groups excluding carboxylic acids is 1. The highest BCUT2D eigenvalue weighted by Gasteiger charge is 2.13. The first kappa shape index (κ1) is 16.6. The van der Waals surface area contributed by atoms with Crippen LogP contribution in [0.1, 0.15) is 15.9 Å². The highest BCUT2D eigenvalue weighted by molar-refractivity contribution is 6.07. The fraction of sp³-hybridized carbons (Fsp3) is 0. The number of hydrogen-bond donors (Lipinski definition) is 1. The minimum Gasteiger partial charge on any atom is -0.267 e. The Morgan fingerprint density at radius 3 is 2.59 bits per heavy atom. The van der Waals surface area contributed by atoms with E-state index < -0.39 is 0 Å². The van der Waals surface area contributed by atoms with Crippen molar-refractivity contribution in [1.82, 2.24) is 15.4 Å². The SMILES string of the molecule is O=C(N/N=C\c1ccccc1)c1cc(-c2cccnc2)nc2ccccc12. The molecule has 2 aromatic heterocycles. The first-order valence-corrected chi connectivity index (χ1v) is 8.50. The predicted octanol–water partition coefficient (Wildman–Crippen LogP) is 4.06. The van der Waals surface area contributed by atoms with Crippen LogP contribution in [0.3, 0.4) is 0 Å². The third-order valence-electron chi connectivity index (χ3n) is 4.10. The van der Waals surface area contributed by atoms with Crippen molar-refractivity contribution >= 4 is 23.0 Å². The number of nitrogens with zero attached hydrogens (tertiary/aromatic N) is 3. The van der Waals surface area contributed by atoms with Crippen LogP contribution in [0.25, 0.3) is 22.2 Å².